The summed E-state index contributed by atoms with van der Waals surface area (Å²) in [6.45, 7) is 0.112. The summed E-state index contributed by atoms with van der Waals surface area (Å²) < 4.78 is 50.1. The van der Waals surface area contributed by atoms with Gasteiger partial charge in [-0.25, -0.2) is 4.98 Å². The van der Waals surface area contributed by atoms with Crippen molar-refractivity contribution in [1.82, 2.24) is 9.88 Å². The maximum atomic E-state index is 12.6. The molecule has 7 heteroatoms. The van der Waals surface area contributed by atoms with E-state index in [1.807, 2.05) is 0 Å². The van der Waals surface area contributed by atoms with Gasteiger partial charge in [0.05, 0.1) is 11.5 Å². The molecule has 2 rings (SSSR count). The van der Waals surface area contributed by atoms with Crippen LogP contribution in [0.2, 0.25) is 0 Å². The normalized spacial score (nSPS) is 17.6. The summed E-state index contributed by atoms with van der Waals surface area (Å²) >= 11 is 0. The third kappa shape index (κ3) is 3.21. The van der Waals surface area contributed by atoms with Gasteiger partial charge in [0, 0.05) is 19.3 Å². The van der Waals surface area contributed by atoms with E-state index in [2.05, 4.69) is 4.98 Å². The Bertz CT molecular complexity index is 450. The van der Waals surface area contributed by atoms with Crippen LogP contribution in [0.15, 0.2) is 18.3 Å². The second-order valence-corrected chi connectivity index (χ2v) is 4.48. The first kappa shape index (κ1) is 13.8. The molecule has 0 N–H and O–H groups in total. The Balaban J connectivity index is 1.98. The molecular weight excluding hydrogens is 264 g/mol. The predicted octanol–water partition coefficient (Wildman–Crippen LogP) is 2.64. The number of alkyl halides is 3. The van der Waals surface area contributed by atoms with Crippen molar-refractivity contribution in [3.63, 3.8) is 0 Å². The van der Waals surface area contributed by atoms with Crippen LogP contribution in [-0.2, 0) is 0 Å². The highest BCUT2D eigenvalue weighted by Gasteiger charge is 2.41. The van der Waals surface area contributed by atoms with Gasteiger partial charge in [-0.2, -0.15) is 17.6 Å². The molecule has 1 amide bonds. The number of carbonyl (C=O) groups excluding carboxylic acids is 1. The maximum absolute atomic E-state index is 12.6. The van der Waals surface area contributed by atoms with Gasteiger partial charge in [0.2, 0.25) is 5.95 Å². The Morgan fingerprint density at radius 2 is 1.89 bits per heavy atom. The molecule has 3 nitrogen and oxygen atoms in total. The monoisotopic (exact) mass is 276 g/mol. The summed E-state index contributed by atoms with van der Waals surface area (Å²) in [6, 6.07) is 2.33. The third-order valence-corrected chi connectivity index (χ3v) is 3.22. The van der Waals surface area contributed by atoms with Crippen LogP contribution >= 0.6 is 0 Å². The van der Waals surface area contributed by atoms with Crippen molar-refractivity contribution in [2.24, 2.45) is 5.92 Å². The lowest BCUT2D eigenvalue weighted by atomic mass is 9.96. The fraction of sp³-hybridized carbons (Fsp3) is 0.500. The highest BCUT2D eigenvalue weighted by molar-refractivity contribution is 5.93. The Morgan fingerprint density at radius 1 is 1.26 bits per heavy atom. The number of amides is 1. The minimum absolute atomic E-state index is 0.0559. The summed E-state index contributed by atoms with van der Waals surface area (Å²) in [6.07, 6.45) is -3.30. The summed E-state index contributed by atoms with van der Waals surface area (Å²) in [5, 5.41) is 0. The molecule has 0 bridgehead atoms. The van der Waals surface area contributed by atoms with Gasteiger partial charge < -0.3 is 4.90 Å². The number of halogens is 4. The number of rotatable bonds is 1. The first-order valence-electron chi connectivity index (χ1n) is 5.85. The molecule has 1 aromatic heterocycles. The van der Waals surface area contributed by atoms with Crippen molar-refractivity contribution in [3.8, 4) is 0 Å². The maximum Gasteiger partial charge on any atom is 0.391 e. The van der Waals surface area contributed by atoms with Gasteiger partial charge >= 0.3 is 6.18 Å². The van der Waals surface area contributed by atoms with Crippen molar-refractivity contribution < 1.29 is 22.4 Å². The molecule has 0 atom stereocenters. The molecule has 1 saturated heterocycles. The fourth-order valence-corrected chi connectivity index (χ4v) is 2.09. The molecule has 0 spiro atoms. The molecule has 0 aromatic carbocycles. The SMILES string of the molecule is O=C(c1ccc(F)nc1)N1CCC(C(F)(F)F)CC1. The number of carbonyl (C=O) groups is 1. The molecule has 1 aromatic rings. The van der Waals surface area contributed by atoms with E-state index in [9.17, 15) is 22.4 Å². The van der Waals surface area contributed by atoms with Gasteiger partial charge in [-0.3, -0.25) is 4.79 Å². The molecule has 1 aliphatic rings. The van der Waals surface area contributed by atoms with Crippen LogP contribution in [0.3, 0.4) is 0 Å². The van der Waals surface area contributed by atoms with E-state index in [1.54, 1.807) is 0 Å². The topological polar surface area (TPSA) is 33.2 Å². The molecule has 0 radical (unpaired) electrons. The van der Waals surface area contributed by atoms with Crippen LogP contribution in [0.4, 0.5) is 17.6 Å². The predicted molar refractivity (Wildman–Crippen MR) is 58.9 cm³/mol. The van der Waals surface area contributed by atoms with Crippen molar-refractivity contribution in [2.45, 2.75) is 19.0 Å². The number of likely N-dealkylation sites (tertiary alicyclic amines) is 1. The molecule has 2 heterocycles. The van der Waals surface area contributed by atoms with E-state index in [-0.39, 0.29) is 31.5 Å². The average Bonchev–Trinajstić information content (AvgIpc) is 2.38. The molecule has 0 saturated carbocycles. The van der Waals surface area contributed by atoms with Crippen molar-refractivity contribution in [3.05, 3.63) is 29.8 Å². The smallest absolute Gasteiger partial charge is 0.339 e. The average molecular weight is 276 g/mol. The Labute approximate surface area is 107 Å². The van der Waals surface area contributed by atoms with E-state index in [0.717, 1.165) is 12.3 Å². The zero-order chi connectivity index (χ0) is 14.0. The van der Waals surface area contributed by atoms with Crippen LogP contribution in [0.1, 0.15) is 23.2 Å². The van der Waals surface area contributed by atoms with Crippen LogP contribution in [0, 0.1) is 11.9 Å². The second kappa shape index (κ2) is 5.14. The molecule has 0 aliphatic carbocycles. The van der Waals surface area contributed by atoms with E-state index in [0.29, 0.717) is 0 Å². The molecule has 1 fully saturated rings. The zero-order valence-electron chi connectivity index (χ0n) is 9.95. The minimum atomic E-state index is -4.20. The quantitative estimate of drug-likeness (QED) is 0.583. The van der Waals surface area contributed by atoms with Crippen molar-refractivity contribution in [2.75, 3.05) is 13.1 Å². The van der Waals surface area contributed by atoms with Crippen LogP contribution in [0.5, 0.6) is 0 Å². The zero-order valence-corrected chi connectivity index (χ0v) is 9.95. The van der Waals surface area contributed by atoms with Crippen molar-refractivity contribution in [1.29, 1.82) is 0 Å². The summed E-state index contributed by atoms with van der Waals surface area (Å²) in [5.74, 6) is -2.46. The third-order valence-electron chi connectivity index (χ3n) is 3.22. The largest absolute Gasteiger partial charge is 0.391 e. The van der Waals surface area contributed by atoms with E-state index >= 15 is 0 Å². The first-order chi connectivity index (χ1) is 8.88. The number of aromatic nitrogens is 1. The standard InChI is InChI=1S/C12H12F4N2O/c13-10-2-1-8(7-17-10)11(19)18-5-3-9(4-6-18)12(14,15)16/h1-2,7,9H,3-6H2. The number of pyridine rings is 1. The number of nitrogens with zero attached hydrogens (tertiary/aromatic N) is 2. The van der Waals surface area contributed by atoms with E-state index in [4.69, 9.17) is 0 Å². The Kier molecular flexibility index (Phi) is 3.73. The molecule has 1 aliphatic heterocycles. The second-order valence-electron chi connectivity index (χ2n) is 4.48. The lowest BCUT2D eigenvalue weighted by Gasteiger charge is -2.32. The van der Waals surface area contributed by atoms with Crippen LogP contribution < -0.4 is 0 Å². The number of piperidine rings is 1. The summed E-state index contributed by atoms with van der Waals surface area (Å²) in [4.78, 5) is 16.6. The summed E-state index contributed by atoms with van der Waals surface area (Å²) in [5.41, 5.74) is 0.187. The van der Waals surface area contributed by atoms with Crippen LogP contribution in [0.25, 0.3) is 0 Å². The molecule has 19 heavy (non-hydrogen) atoms. The lowest BCUT2D eigenvalue weighted by molar-refractivity contribution is -0.183. The molecule has 0 unspecified atom stereocenters. The van der Waals surface area contributed by atoms with Crippen molar-refractivity contribution >= 4 is 5.91 Å². The highest BCUT2D eigenvalue weighted by Crippen LogP contribution is 2.34. The fourth-order valence-electron chi connectivity index (χ4n) is 2.09. The number of hydrogen-bond donors (Lipinski definition) is 0. The van der Waals surface area contributed by atoms with E-state index < -0.39 is 23.9 Å². The van der Waals surface area contributed by atoms with Gasteiger partial charge in [0.1, 0.15) is 0 Å². The first-order valence-corrected chi connectivity index (χ1v) is 5.85. The number of hydrogen-bond acceptors (Lipinski definition) is 2. The lowest BCUT2D eigenvalue weighted by Crippen LogP contribution is -2.42. The van der Waals surface area contributed by atoms with Gasteiger partial charge in [-0.1, -0.05) is 0 Å². The molecular formula is C12H12F4N2O. The van der Waals surface area contributed by atoms with Crippen LogP contribution in [-0.4, -0.2) is 35.1 Å². The summed E-state index contributed by atoms with van der Waals surface area (Å²) in [7, 11) is 0. The minimum Gasteiger partial charge on any atom is -0.339 e. The van der Waals surface area contributed by atoms with Gasteiger partial charge in [0.15, 0.2) is 0 Å². The Morgan fingerprint density at radius 3 is 2.37 bits per heavy atom. The van der Waals surface area contributed by atoms with Gasteiger partial charge in [0.25, 0.3) is 5.91 Å². The molecule has 104 valence electrons. The van der Waals surface area contributed by atoms with E-state index in [1.165, 1.54) is 11.0 Å². The van der Waals surface area contributed by atoms with Gasteiger partial charge in [-0.15, -0.1) is 0 Å². The highest BCUT2D eigenvalue weighted by atomic mass is 19.4. The van der Waals surface area contributed by atoms with Gasteiger partial charge in [-0.05, 0) is 25.0 Å². The Hall–Kier alpha value is -1.66.